The fourth-order valence-corrected chi connectivity index (χ4v) is 2.65. The summed E-state index contributed by atoms with van der Waals surface area (Å²) in [7, 11) is 0. The molecule has 0 fully saturated rings. The van der Waals surface area contributed by atoms with Crippen molar-refractivity contribution in [3.05, 3.63) is 53.6 Å². The van der Waals surface area contributed by atoms with E-state index >= 15 is 0 Å². The SMILES string of the molecule is CC(C)(C)c1ccc(NC(=S)NCc2ccc3c(c2)OCO3)cc1. The average molecular weight is 342 g/mol. The molecule has 0 atom stereocenters. The molecule has 2 aromatic rings. The van der Waals surface area contributed by atoms with Crippen LogP contribution in [0.5, 0.6) is 11.5 Å². The molecule has 4 nitrogen and oxygen atoms in total. The van der Waals surface area contributed by atoms with Gasteiger partial charge in [-0.2, -0.15) is 0 Å². The summed E-state index contributed by atoms with van der Waals surface area (Å²) in [6.07, 6.45) is 0. The van der Waals surface area contributed by atoms with E-state index in [0.29, 0.717) is 11.7 Å². The highest BCUT2D eigenvalue weighted by molar-refractivity contribution is 7.80. The topological polar surface area (TPSA) is 42.5 Å². The van der Waals surface area contributed by atoms with Crippen molar-refractivity contribution in [2.75, 3.05) is 12.1 Å². The van der Waals surface area contributed by atoms with Crippen LogP contribution in [0.3, 0.4) is 0 Å². The van der Waals surface area contributed by atoms with Crippen LogP contribution < -0.4 is 20.1 Å². The van der Waals surface area contributed by atoms with Crippen molar-refractivity contribution in [1.29, 1.82) is 0 Å². The van der Waals surface area contributed by atoms with Crippen molar-refractivity contribution in [3.63, 3.8) is 0 Å². The molecule has 0 radical (unpaired) electrons. The normalized spacial score (nSPS) is 12.8. The number of nitrogens with one attached hydrogen (secondary N) is 2. The molecule has 0 saturated carbocycles. The molecule has 1 heterocycles. The van der Waals surface area contributed by atoms with Crippen LogP contribution in [-0.2, 0) is 12.0 Å². The first-order valence-electron chi connectivity index (χ1n) is 7.96. The van der Waals surface area contributed by atoms with Gasteiger partial charge in [-0.3, -0.25) is 0 Å². The first-order chi connectivity index (χ1) is 11.4. The number of ether oxygens (including phenoxy) is 2. The lowest BCUT2D eigenvalue weighted by Crippen LogP contribution is -2.27. The van der Waals surface area contributed by atoms with Crippen molar-refractivity contribution in [1.82, 2.24) is 5.32 Å². The first-order valence-corrected chi connectivity index (χ1v) is 8.36. The summed E-state index contributed by atoms with van der Waals surface area (Å²) in [4.78, 5) is 0. The Kier molecular flexibility index (Phi) is 4.62. The van der Waals surface area contributed by atoms with E-state index in [2.05, 4.69) is 55.7 Å². The third kappa shape index (κ3) is 3.97. The molecular weight excluding hydrogens is 320 g/mol. The van der Waals surface area contributed by atoms with E-state index in [4.69, 9.17) is 21.7 Å². The van der Waals surface area contributed by atoms with Gasteiger partial charge in [-0.05, 0) is 53.0 Å². The highest BCUT2D eigenvalue weighted by Crippen LogP contribution is 2.32. The van der Waals surface area contributed by atoms with E-state index in [9.17, 15) is 0 Å². The second kappa shape index (κ2) is 6.69. The lowest BCUT2D eigenvalue weighted by molar-refractivity contribution is 0.174. The Morgan fingerprint density at radius 3 is 2.46 bits per heavy atom. The maximum absolute atomic E-state index is 5.38. The van der Waals surface area contributed by atoms with Gasteiger partial charge in [0.15, 0.2) is 16.6 Å². The molecule has 0 saturated heterocycles. The number of fused-ring (bicyclic) bond motifs is 1. The van der Waals surface area contributed by atoms with Crippen molar-refractivity contribution >= 4 is 23.0 Å². The quantitative estimate of drug-likeness (QED) is 0.819. The molecule has 0 spiro atoms. The Hall–Kier alpha value is -2.27. The molecule has 0 aliphatic carbocycles. The zero-order valence-corrected chi connectivity index (χ0v) is 15.0. The van der Waals surface area contributed by atoms with Crippen LogP contribution in [0, 0.1) is 0 Å². The monoisotopic (exact) mass is 342 g/mol. The van der Waals surface area contributed by atoms with Gasteiger partial charge in [0, 0.05) is 12.2 Å². The summed E-state index contributed by atoms with van der Waals surface area (Å²) in [5.74, 6) is 1.57. The Balaban J connectivity index is 1.54. The largest absolute Gasteiger partial charge is 0.454 e. The minimum Gasteiger partial charge on any atom is -0.454 e. The van der Waals surface area contributed by atoms with Crippen molar-refractivity contribution in [2.24, 2.45) is 0 Å². The van der Waals surface area contributed by atoms with E-state index in [1.165, 1.54) is 5.56 Å². The third-order valence-corrected chi connectivity index (χ3v) is 4.15. The molecule has 1 aliphatic rings. The zero-order valence-electron chi connectivity index (χ0n) is 14.2. The summed E-state index contributed by atoms with van der Waals surface area (Å²) >= 11 is 5.36. The Bertz CT molecular complexity index is 736. The minimum atomic E-state index is 0.149. The average Bonchev–Trinajstić information content (AvgIpc) is 3.00. The van der Waals surface area contributed by atoms with E-state index in [-0.39, 0.29) is 12.2 Å². The second-order valence-electron chi connectivity index (χ2n) is 6.82. The summed E-state index contributed by atoms with van der Waals surface area (Å²) in [6, 6.07) is 14.2. The van der Waals surface area contributed by atoms with Gasteiger partial charge in [0.2, 0.25) is 6.79 Å². The van der Waals surface area contributed by atoms with Crippen LogP contribution in [0.1, 0.15) is 31.9 Å². The Morgan fingerprint density at radius 1 is 1.04 bits per heavy atom. The van der Waals surface area contributed by atoms with Gasteiger partial charge < -0.3 is 20.1 Å². The lowest BCUT2D eigenvalue weighted by atomic mass is 9.87. The summed E-state index contributed by atoms with van der Waals surface area (Å²) < 4.78 is 10.7. The summed E-state index contributed by atoms with van der Waals surface area (Å²) in [5, 5.41) is 7.01. The molecule has 0 aromatic heterocycles. The summed E-state index contributed by atoms with van der Waals surface area (Å²) in [6.45, 7) is 7.52. The van der Waals surface area contributed by atoms with E-state index in [1.807, 2.05) is 18.2 Å². The van der Waals surface area contributed by atoms with E-state index < -0.39 is 0 Å². The van der Waals surface area contributed by atoms with Crippen LogP contribution in [0.25, 0.3) is 0 Å². The van der Waals surface area contributed by atoms with E-state index in [1.54, 1.807) is 0 Å². The minimum absolute atomic E-state index is 0.149. The smallest absolute Gasteiger partial charge is 0.231 e. The zero-order chi connectivity index (χ0) is 17.2. The Labute approximate surface area is 148 Å². The van der Waals surface area contributed by atoms with Gasteiger partial charge in [-0.1, -0.05) is 39.0 Å². The number of thiocarbonyl (C=S) groups is 1. The number of anilines is 1. The van der Waals surface area contributed by atoms with Gasteiger partial charge in [-0.15, -0.1) is 0 Å². The molecule has 2 aromatic carbocycles. The molecule has 5 heteroatoms. The van der Waals surface area contributed by atoms with Gasteiger partial charge in [-0.25, -0.2) is 0 Å². The van der Waals surface area contributed by atoms with Crippen LogP contribution in [0.15, 0.2) is 42.5 Å². The van der Waals surface area contributed by atoms with Crippen LogP contribution in [-0.4, -0.2) is 11.9 Å². The first kappa shape index (κ1) is 16.6. The highest BCUT2D eigenvalue weighted by atomic mass is 32.1. The fraction of sp³-hybridized carbons (Fsp3) is 0.316. The van der Waals surface area contributed by atoms with Gasteiger partial charge in [0.1, 0.15) is 0 Å². The molecular formula is C19H22N2O2S. The number of benzene rings is 2. The van der Waals surface area contributed by atoms with Crippen LogP contribution in [0.2, 0.25) is 0 Å². The predicted octanol–water partition coefficient (Wildman–Crippen LogP) is 4.20. The predicted molar refractivity (Wildman–Crippen MR) is 101 cm³/mol. The molecule has 2 N–H and O–H groups in total. The Morgan fingerprint density at radius 2 is 1.75 bits per heavy atom. The highest BCUT2D eigenvalue weighted by Gasteiger charge is 2.14. The second-order valence-corrected chi connectivity index (χ2v) is 7.23. The van der Waals surface area contributed by atoms with Gasteiger partial charge in [0.25, 0.3) is 0 Å². The molecule has 126 valence electrons. The number of hydrogen-bond acceptors (Lipinski definition) is 3. The number of hydrogen-bond donors (Lipinski definition) is 2. The van der Waals surface area contributed by atoms with Crippen molar-refractivity contribution in [3.8, 4) is 11.5 Å². The third-order valence-electron chi connectivity index (χ3n) is 3.90. The van der Waals surface area contributed by atoms with Crippen molar-refractivity contribution < 1.29 is 9.47 Å². The molecule has 0 unspecified atom stereocenters. The molecule has 24 heavy (non-hydrogen) atoms. The molecule has 0 amide bonds. The standard InChI is InChI=1S/C19H22N2O2S/c1-19(2,3)14-5-7-15(8-6-14)21-18(24)20-11-13-4-9-16-17(10-13)23-12-22-16/h4-10H,11-12H2,1-3H3,(H2,20,21,24). The van der Waals surface area contributed by atoms with Crippen molar-refractivity contribution in [2.45, 2.75) is 32.7 Å². The van der Waals surface area contributed by atoms with Gasteiger partial charge >= 0.3 is 0 Å². The van der Waals surface area contributed by atoms with E-state index in [0.717, 1.165) is 22.7 Å². The lowest BCUT2D eigenvalue weighted by Gasteiger charge is -2.19. The summed E-state index contributed by atoms with van der Waals surface area (Å²) in [5.41, 5.74) is 3.52. The van der Waals surface area contributed by atoms with Gasteiger partial charge in [0.05, 0.1) is 0 Å². The maximum Gasteiger partial charge on any atom is 0.231 e. The maximum atomic E-state index is 5.38. The molecule has 3 rings (SSSR count). The fourth-order valence-electron chi connectivity index (χ4n) is 2.46. The molecule has 1 aliphatic heterocycles. The van der Waals surface area contributed by atoms with Crippen LogP contribution >= 0.6 is 12.2 Å². The van der Waals surface area contributed by atoms with Crippen LogP contribution in [0.4, 0.5) is 5.69 Å². The number of rotatable bonds is 3. The molecule has 0 bridgehead atoms.